The van der Waals surface area contributed by atoms with Crippen LogP contribution in [-0.4, -0.2) is 16.7 Å². The van der Waals surface area contributed by atoms with Crippen molar-refractivity contribution >= 4 is 22.6 Å². The lowest BCUT2D eigenvalue weighted by atomic mass is 9.70. The minimum absolute atomic E-state index is 0.213. The zero-order chi connectivity index (χ0) is 15.2. The summed E-state index contributed by atoms with van der Waals surface area (Å²) in [5.41, 5.74) is 1.82. The van der Waals surface area contributed by atoms with Crippen LogP contribution in [0.2, 0.25) is 0 Å². The van der Waals surface area contributed by atoms with Crippen LogP contribution >= 0.6 is 11.6 Å². The third-order valence-corrected chi connectivity index (χ3v) is 4.70. The average molecular weight is 311 g/mol. The fourth-order valence-corrected chi connectivity index (χ4v) is 3.26. The number of hydrogen-bond donors (Lipinski definition) is 0. The maximum absolute atomic E-state index is 13.9. The molecule has 1 atom stereocenters. The van der Waals surface area contributed by atoms with Crippen LogP contribution in [0.1, 0.15) is 44.3 Å². The maximum atomic E-state index is 13.9. The van der Waals surface area contributed by atoms with Gasteiger partial charge >= 0.3 is 0 Å². The standard InChI is InChI=1S/C16H20ClFN2O/c1-10(17)15-19-12-7-11(18)14(21-3)8-13(12)20(15)9-16(2)5-4-6-16/h7-8,10H,4-6,9H2,1-3H3. The van der Waals surface area contributed by atoms with E-state index in [1.807, 2.05) is 6.92 Å². The minimum Gasteiger partial charge on any atom is -0.494 e. The van der Waals surface area contributed by atoms with Crippen molar-refractivity contribution in [3.05, 3.63) is 23.8 Å². The van der Waals surface area contributed by atoms with Gasteiger partial charge in [-0.15, -0.1) is 11.6 Å². The monoisotopic (exact) mass is 310 g/mol. The van der Waals surface area contributed by atoms with Crippen molar-refractivity contribution in [2.45, 2.75) is 45.0 Å². The van der Waals surface area contributed by atoms with E-state index < -0.39 is 5.82 Å². The van der Waals surface area contributed by atoms with Gasteiger partial charge in [-0.3, -0.25) is 0 Å². The van der Waals surface area contributed by atoms with Gasteiger partial charge in [0.1, 0.15) is 5.82 Å². The van der Waals surface area contributed by atoms with E-state index in [1.165, 1.54) is 32.4 Å². The zero-order valence-electron chi connectivity index (χ0n) is 12.6. The fraction of sp³-hybridized carbons (Fsp3) is 0.562. The fourth-order valence-electron chi connectivity index (χ4n) is 3.09. The van der Waals surface area contributed by atoms with E-state index in [-0.39, 0.29) is 16.5 Å². The lowest BCUT2D eigenvalue weighted by Crippen LogP contribution is -2.31. The summed E-state index contributed by atoms with van der Waals surface area (Å²) in [6.45, 7) is 5.05. The van der Waals surface area contributed by atoms with E-state index in [1.54, 1.807) is 6.07 Å². The Labute approximate surface area is 129 Å². The van der Waals surface area contributed by atoms with Crippen molar-refractivity contribution in [1.29, 1.82) is 0 Å². The quantitative estimate of drug-likeness (QED) is 0.767. The predicted octanol–water partition coefficient (Wildman–Crippen LogP) is 4.67. The Morgan fingerprint density at radius 2 is 2.19 bits per heavy atom. The van der Waals surface area contributed by atoms with Crippen LogP contribution < -0.4 is 4.74 Å². The molecule has 0 radical (unpaired) electrons. The molecule has 1 heterocycles. The van der Waals surface area contributed by atoms with E-state index in [2.05, 4.69) is 16.5 Å². The molecule has 3 nitrogen and oxygen atoms in total. The second-order valence-corrected chi connectivity index (χ2v) is 6.97. The number of halogens is 2. The lowest BCUT2D eigenvalue weighted by Gasteiger charge is -2.39. The molecule has 0 saturated heterocycles. The molecule has 0 N–H and O–H groups in total. The zero-order valence-corrected chi connectivity index (χ0v) is 13.4. The SMILES string of the molecule is COc1cc2c(cc1F)nc(C(C)Cl)n2CC1(C)CCC1. The number of aromatic nitrogens is 2. The molecule has 1 saturated carbocycles. The molecule has 1 aliphatic rings. The second kappa shape index (κ2) is 5.16. The van der Waals surface area contributed by atoms with Crippen molar-refractivity contribution in [2.75, 3.05) is 7.11 Å². The van der Waals surface area contributed by atoms with Crippen LogP contribution in [0.25, 0.3) is 11.0 Å². The molecule has 2 aromatic rings. The largest absolute Gasteiger partial charge is 0.494 e. The molecule has 0 amide bonds. The number of fused-ring (bicyclic) bond motifs is 1. The summed E-state index contributed by atoms with van der Waals surface area (Å²) in [5, 5.41) is -0.213. The summed E-state index contributed by atoms with van der Waals surface area (Å²) in [4.78, 5) is 4.53. The number of nitrogens with zero attached hydrogens (tertiary/aromatic N) is 2. The van der Waals surface area contributed by atoms with E-state index in [9.17, 15) is 4.39 Å². The molecule has 1 aromatic carbocycles. The summed E-state index contributed by atoms with van der Waals surface area (Å²) < 4.78 is 21.1. The molecule has 5 heteroatoms. The summed E-state index contributed by atoms with van der Waals surface area (Å²) in [6, 6.07) is 3.15. The molecule has 114 valence electrons. The number of alkyl halides is 1. The molecule has 1 fully saturated rings. The first-order chi connectivity index (χ1) is 9.93. The van der Waals surface area contributed by atoms with Crippen molar-refractivity contribution in [2.24, 2.45) is 5.41 Å². The van der Waals surface area contributed by atoms with Crippen molar-refractivity contribution in [1.82, 2.24) is 9.55 Å². The van der Waals surface area contributed by atoms with E-state index in [0.717, 1.165) is 17.9 Å². The van der Waals surface area contributed by atoms with Crippen LogP contribution in [0.3, 0.4) is 0 Å². The molecule has 1 aromatic heterocycles. The normalized spacial score (nSPS) is 18.5. The predicted molar refractivity (Wildman–Crippen MR) is 82.5 cm³/mol. The van der Waals surface area contributed by atoms with E-state index in [4.69, 9.17) is 16.3 Å². The van der Waals surface area contributed by atoms with Gasteiger partial charge in [0.15, 0.2) is 11.6 Å². The van der Waals surface area contributed by atoms with Gasteiger partial charge in [-0.25, -0.2) is 9.37 Å². The topological polar surface area (TPSA) is 27.1 Å². The molecule has 0 aliphatic heterocycles. The van der Waals surface area contributed by atoms with Crippen LogP contribution in [0, 0.1) is 11.2 Å². The first kappa shape index (κ1) is 14.6. The molecular weight excluding hydrogens is 291 g/mol. The number of benzene rings is 1. The Kier molecular flexibility index (Phi) is 3.60. The molecular formula is C16H20ClFN2O. The highest BCUT2D eigenvalue weighted by Gasteiger charge is 2.33. The van der Waals surface area contributed by atoms with Gasteiger partial charge in [0, 0.05) is 18.7 Å². The first-order valence-corrected chi connectivity index (χ1v) is 7.75. The highest BCUT2D eigenvalue weighted by molar-refractivity contribution is 6.20. The summed E-state index contributed by atoms with van der Waals surface area (Å²) in [6.07, 6.45) is 3.69. The highest BCUT2D eigenvalue weighted by Crippen LogP contribution is 2.43. The third-order valence-electron chi connectivity index (χ3n) is 4.51. The number of hydrogen-bond acceptors (Lipinski definition) is 2. The van der Waals surface area contributed by atoms with Crippen molar-refractivity contribution < 1.29 is 9.13 Å². The van der Waals surface area contributed by atoms with Crippen molar-refractivity contribution in [3.8, 4) is 5.75 Å². The van der Waals surface area contributed by atoms with E-state index in [0.29, 0.717) is 5.52 Å². The maximum Gasteiger partial charge on any atom is 0.167 e. The summed E-state index contributed by atoms with van der Waals surface area (Å²) in [5.74, 6) is 0.655. The van der Waals surface area contributed by atoms with Crippen LogP contribution in [-0.2, 0) is 6.54 Å². The van der Waals surface area contributed by atoms with E-state index >= 15 is 0 Å². The second-order valence-electron chi connectivity index (χ2n) is 6.31. The molecule has 1 aliphatic carbocycles. The van der Waals surface area contributed by atoms with Gasteiger partial charge in [0.05, 0.1) is 23.5 Å². The third kappa shape index (κ3) is 2.50. The van der Waals surface area contributed by atoms with Crippen LogP contribution in [0.15, 0.2) is 12.1 Å². The number of methoxy groups -OCH3 is 1. The average Bonchev–Trinajstić information content (AvgIpc) is 2.74. The Morgan fingerprint density at radius 1 is 1.48 bits per heavy atom. The van der Waals surface area contributed by atoms with Gasteiger partial charge in [-0.05, 0) is 25.2 Å². The molecule has 1 unspecified atom stereocenters. The highest BCUT2D eigenvalue weighted by atomic mass is 35.5. The van der Waals surface area contributed by atoms with Gasteiger partial charge < -0.3 is 9.30 Å². The Morgan fingerprint density at radius 3 is 2.71 bits per heavy atom. The Bertz CT molecular complexity index is 676. The molecule has 0 bridgehead atoms. The number of rotatable bonds is 4. The Hall–Kier alpha value is -1.29. The smallest absolute Gasteiger partial charge is 0.167 e. The molecule has 3 rings (SSSR count). The number of ether oxygens (including phenoxy) is 1. The van der Waals surface area contributed by atoms with Crippen LogP contribution in [0.4, 0.5) is 4.39 Å². The van der Waals surface area contributed by atoms with Gasteiger partial charge in [0.25, 0.3) is 0 Å². The Balaban J connectivity index is 2.15. The van der Waals surface area contributed by atoms with Gasteiger partial charge in [0.2, 0.25) is 0 Å². The van der Waals surface area contributed by atoms with Gasteiger partial charge in [-0.1, -0.05) is 13.3 Å². The minimum atomic E-state index is -0.390. The lowest BCUT2D eigenvalue weighted by molar-refractivity contribution is 0.132. The summed E-state index contributed by atoms with van der Waals surface area (Å²) in [7, 11) is 1.48. The number of imidazole rings is 1. The first-order valence-electron chi connectivity index (χ1n) is 7.31. The molecule has 0 spiro atoms. The van der Waals surface area contributed by atoms with Crippen LogP contribution in [0.5, 0.6) is 5.75 Å². The van der Waals surface area contributed by atoms with Crippen molar-refractivity contribution in [3.63, 3.8) is 0 Å². The van der Waals surface area contributed by atoms with Gasteiger partial charge in [-0.2, -0.15) is 0 Å². The molecule has 21 heavy (non-hydrogen) atoms. The summed E-state index contributed by atoms with van der Waals surface area (Å²) >= 11 is 6.27.